The summed E-state index contributed by atoms with van der Waals surface area (Å²) in [7, 11) is 0. The van der Waals surface area contributed by atoms with Crippen LogP contribution in [0.2, 0.25) is 5.02 Å². The largest absolute Gasteiger partial charge is 0.324 e. The molecule has 1 aromatic rings. The highest BCUT2D eigenvalue weighted by Crippen LogP contribution is 2.27. The number of benzene rings is 1. The molecule has 0 aliphatic carbocycles. The van der Waals surface area contributed by atoms with E-state index < -0.39 is 0 Å². The molecule has 0 aliphatic heterocycles. The minimum atomic E-state index is 0.0509. The Bertz CT molecular complexity index is 288. The molecular formula is C10H13BrClN. The molecule has 0 bridgehead atoms. The van der Waals surface area contributed by atoms with Crippen LogP contribution in [0.15, 0.2) is 22.7 Å². The van der Waals surface area contributed by atoms with E-state index in [9.17, 15) is 0 Å². The summed E-state index contributed by atoms with van der Waals surface area (Å²) in [4.78, 5) is 0. The van der Waals surface area contributed by atoms with Crippen LogP contribution in [-0.4, -0.2) is 0 Å². The molecule has 0 saturated carbocycles. The summed E-state index contributed by atoms with van der Waals surface area (Å²) in [6.45, 7) is 2.12. The summed E-state index contributed by atoms with van der Waals surface area (Å²) in [5.74, 6) is 0. The third-order valence-electron chi connectivity index (χ3n) is 1.96. The minimum Gasteiger partial charge on any atom is -0.324 e. The van der Waals surface area contributed by atoms with Gasteiger partial charge in [-0.25, -0.2) is 0 Å². The Morgan fingerprint density at radius 1 is 1.54 bits per heavy atom. The first-order valence-electron chi connectivity index (χ1n) is 4.35. The monoisotopic (exact) mass is 261 g/mol. The lowest BCUT2D eigenvalue weighted by atomic mass is 10.0. The normalized spacial score (nSPS) is 12.9. The highest BCUT2D eigenvalue weighted by atomic mass is 79.9. The van der Waals surface area contributed by atoms with Crippen molar-refractivity contribution in [2.24, 2.45) is 5.73 Å². The lowest BCUT2D eigenvalue weighted by Crippen LogP contribution is -2.10. The molecule has 0 aliphatic rings. The molecule has 2 N–H and O–H groups in total. The number of rotatable bonds is 3. The molecule has 3 heteroatoms. The van der Waals surface area contributed by atoms with Crippen molar-refractivity contribution >= 4 is 27.5 Å². The maximum Gasteiger partial charge on any atom is 0.0454 e. The smallest absolute Gasteiger partial charge is 0.0454 e. The second-order valence-electron chi connectivity index (χ2n) is 3.06. The molecule has 0 radical (unpaired) electrons. The van der Waals surface area contributed by atoms with Gasteiger partial charge in [0, 0.05) is 15.5 Å². The number of hydrogen-bond donors (Lipinski definition) is 1. The standard InChI is InChI=1S/C10H13BrClN/c1-2-3-10(13)8-6-7(11)4-5-9(8)12/h4-6,10H,2-3,13H2,1H3. The molecule has 72 valence electrons. The average molecular weight is 263 g/mol. The molecule has 13 heavy (non-hydrogen) atoms. The van der Waals surface area contributed by atoms with E-state index >= 15 is 0 Å². The van der Waals surface area contributed by atoms with E-state index in [4.69, 9.17) is 17.3 Å². The van der Waals surface area contributed by atoms with Gasteiger partial charge in [-0.3, -0.25) is 0 Å². The van der Waals surface area contributed by atoms with Crippen molar-refractivity contribution < 1.29 is 0 Å². The lowest BCUT2D eigenvalue weighted by Gasteiger charge is -2.12. The topological polar surface area (TPSA) is 26.0 Å². The van der Waals surface area contributed by atoms with Gasteiger partial charge in [0.05, 0.1) is 0 Å². The Kier molecular flexibility index (Phi) is 4.23. The molecule has 1 unspecified atom stereocenters. The second kappa shape index (κ2) is 4.99. The van der Waals surface area contributed by atoms with Crippen molar-refractivity contribution in [2.75, 3.05) is 0 Å². The lowest BCUT2D eigenvalue weighted by molar-refractivity contribution is 0.638. The number of nitrogens with two attached hydrogens (primary N) is 1. The van der Waals surface area contributed by atoms with Crippen LogP contribution in [0.25, 0.3) is 0 Å². The van der Waals surface area contributed by atoms with Crippen molar-refractivity contribution in [3.8, 4) is 0 Å². The second-order valence-corrected chi connectivity index (χ2v) is 4.38. The summed E-state index contributed by atoms with van der Waals surface area (Å²) in [6.07, 6.45) is 2.04. The van der Waals surface area contributed by atoms with Crippen LogP contribution in [-0.2, 0) is 0 Å². The zero-order valence-electron chi connectivity index (χ0n) is 7.56. The number of hydrogen-bond acceptors (Lipinski definition) is 1. The summed E-state index contributed by atoms with van der Waals surface area (Å²) in [5.41, 5.74) is 7.00. The Morgan fingerprint density at radius 2 is 2.23 bits per heavy atom. The van der Waals surface area contributed by atoms with Gasteiger partial charge < -0.3 is 5.73 Å². The van der Waals surface area contributed by atoms with Crippen LogP contribution in [0.4, 0.5) is 0 Å². The van der Waals surface area contributed by atoms with E-state index in [0.717, 1.165) is 27.9 Å². The SMILES string of the molecule is CCCC(N)c1cc(Br)ccc1Cl. The van der Waals surface area contributed by atoms with E-state index in [-0.39, 0.29) is 6.04 Å². The van der Waals surface area contributed by atoms with Gasteiger partial charge in [-0.2, -0.15) is 0 Å². The van der Waals surface area contributed by atoms with Crippen molar-refractivity contribution in [1.82, 2.24) is 0 Å². The maximum absolute atomic E-state index is 6.03. The Balaban J connectivity index is 2.91. The predicted molar refractivity (Wildman–Crippen MR) is 61.0 cm³/mol. The fourth-order valence-corrected chi connectivity index (χ4v) is 1.90. The van der Waals surface area contributed by atoms with E-state index in [2.05, 4.69) is 22.9 Å². The van der Waals surface area contributed by atoms with Crippen molar-refractivity contribution in [3.05, 3.63) is 33.3 Å². The van der Waals surface area contributed by atoms with Crippen LogP contribution in [0.1, 0.15) is 31.4 Å². The summed E-state index contributed by atoms with van der Waals surface area (Å²) < 4.78 is 1.03. The van der Waals surface area contributed by atoms with Gasteiger partial charge in [0.1, 0.15) is 0 Å². The van der Waals surface area contributed by atoms with E-state index in [1.807, 2.05) is 18.2 Å². The van der Waals surface area contributed by atoms with Gasteiger partial charge >= 0.3 is 0 Å². The first-order chi connectivity index (χ1) is 6.15. The molecule has 1 rings (SSSR count). The van der Waals surface area contributed by atoms with E-state index in [0.29, 0.717) is 0 Å². The first-order valence-corrected chi connectivity index (χ1v) is 5.52. The zero-order chi connectivity index (χ0) is 9.84. The fourth-order valence-electron chi connectivity index (χ4n) is 1.27. The molecule has 0 amide bonds. The Hall–Kier alpha value is -0.0500. The molecule has 0 saturated heterocycles. The van der Waals surface area contributed by atoms with Gasteiger partial charge in [-0.05, 0) is 30.2 Å². The molecule has 0 fully saturated rings. The van der Waals surface area contributed by atoms with Crippen molar-refractivity contribution in [1.29, 1.82) is 0 Å². The van der Waals surface area contributed by atoms with Crippen LogP contribution in [0.3, 0.4) is 0 Å². The summed E-state index contributed by atoms with van der Waals surface area (Å²) in [5, 5.41) is 0.754. The van der Waals surface area contributed by atoms with Crippen LogP contribution in [0.5, 0.6) is 0 Å². The fraction of sp³-hybridized carbons (Fsp3) is 0.400. The quantitative estimate of drug-likeness (QED) is 0.878. The predicted octanol–water partition coefficient (Wildman–Crippen LogP) is 3.90. The zero-order valence-corrected chi connectivity index (χ0v) is 9.90. The van der Waals surface area contributed by atoms with Gasteiger partial charge in [0.2, 0.25) is 0 Å². The van der Waals surface area contributed by atoms with Gasteiger partial charge in [-0.15, -0.1) is 0 Å². The van der Waals surface area contributed by atoms with E-state index in [1.54, 1.807) is 0 Å². The highest BCUT2D eigenvalue weighted by Gasteiger charge is 2.09. The molecular weight excluding hydrogens is 249 g/mol. The molecule has 0 aromatic heterocycles. The summed E-state index contributed by atoms with van der Waals surface area (Å²) >= 11 is 9.43. The molecule has 1 atom stereocenters. The summed E-state index contributed by atoms with van der Waals surface area (Å²) in [6, 6.07) is 5.83. The van der Waals surface area contributed by atoms with Crippen LogP contribution < -0.4 is 5.73 Å². The average Bonchev–Trinajstić information content (AvgIpc) is 2.09. The first kappa shape index (κ1) is 11.0. The minimum absolute atomic E-state index is 0.0509. The van der Waals surface area contributed by atoms with Gasteiger partial charge in [0.15, 0.2) is 0 Å². The Labute approximate surface area is 92.4 Å². The maximum atomic E-state index is 6.03. The molecule has 0 spiro atoms. The van der Waals surface area contributed by atoms with Gasteiger partial charge in [-0.1, -0.05) is 40.9 Å². The van der Waals surface area contributed by atoms with Crippen molar-refractivity contribution in [2.45, 2.75) is 25.8 Å². The third kappa shape index (κ3) is 2.97. The molecule has 1 aromatic carbocycles. The molecule has 0 heterocycles. The highest BCUT2D eigenvalue weighted by molar-refractivity contribution is 9.10. The Morgan fingerprint density at radius 3 is 2.85 bits per heavy atom. The third-order valence-corrected chi connectivity index (χ3v) is 2.79. The van der Waals surface area contributed by atoms with E-state index in [1.165, 1.54) is 0 Å². The van der Waals surface area contributed by atoms with Crippen molar-refractivity contribution in [3.63, 3.8) is 0 Å². The number of halogens is 2. The van der Waals surface area contributed by atoms with Crippen LogP contribution in [0, 0.1) is 0 Å². The van der Waals surface area contributed by atoms with Crippen LogP contribution >= 0.6 is 27.5 Å². The molecule has 1 nitrogen and oxygen atoms in total. The van der Waals surface area contributed by atoms with Gasteiger partial charge in [0.25, 0.3) is 0 Å².